The predicted octanol–water partition coefficient (Wildman–Crippen LogP) is 1.65. The molecule has 23 nitrogen and oxygen atoms in total. The van der Waals surface area contributed by atoms with Crippen LogP contribution in [0.25, 0.3) is 0 Å². The summed E-state index contributed by atoms with van der Waals surface area (Å²) in [7, 11) is 0. The summed E-state index contributed by atoms with van der Waals surface area (Å²) in [6.07, 6.45) is -1.66. The standard InChI is InChI=1S/C45H60N6O17/c1-5-6-14-45(4,28-8-9-28)30-23-39(56)50(42(30)58)16-13-37(54)47-15-17-64-18-19-65-25-38(55)49-31(41(57)26(2)3)10-12-36(53)48-24-35(68-44(46)61)27-7-11-33(32(20-27)51(62)63)66-40-22-29(52)21-34(67-40)43(59)60/h5,7,11,14,20,28-31,34-35,40,52H,2,8-10,12-13,15-19,21-25H2,1,3-4H3,(H2,46,61)(H,47,54)(H,48,53)(H,49,55)(H,59,60)/t6?,29-,30?,31-,34-,35?,40+,45?/m0/s1. The van der Waals surface area contributed by atoms with Crippen molar-refractivity contribution in [3.8, 4) is 5.75 Å². The van der Waals surface area contributed by atoms with Gasteiger partial charge in [0.1, 0.15) is 12.7 Å². The third-order valence-electron chi connectivity index (χ3n) is 11.6. The van der Waals surface area contributed by atoms with Crippen LogP contribution in [0, 0.1) is 27.4 Å². The van der Waals surface area contributed by atoms with Crippen molar-refractivity contribution in [2.24, 2.45) is 23.0 Å². The van der Waals surface area contributed by atoms with Crippen LogP contribution in [0.2, 0.25) is 0 Å². The van der Waals surface area contributed by atoms with Crippen LogP contribution in [0.3, 0.4) is 0 Å². The molecule has 1 saturated carbocycles. The molecular formula is C45H60N6O17. The summed E-state index contributed by atoms with van der Waals surface area (Å²) in [5.41, 5.74) is 7.32. The van der Waals surface area contributed by atoms with Gasteiger partial charge in [-0.25, -0.2) is 9.59 Å². The Labute approximate surface area is 391 Å². The number of hydrogen-bond acceptors (Lipinski definition) is 16. The number of imide groups is 1. The van der Waals surface area contributed by atoms with Gasteiger partial charge < -0.3 is 55.6 Å². The number of Topliss-reactive ketones (excluding diaryl/α,β-unsaturated/α-hetero) is 1. The minimum atomic E-state index is -1.41. The van der Waals surface area contributed by atoms with Crippen molar-refractivity contribution >= 4 is 53.1 Å². The second-order valence-electron chi connectivity index (χ2n) is 16.8. The molecule has 3 aliphatic rings. The van der Waals surface area contributed by atoms with E-state index in [2.05, 4.69) is 28.3 Å². The minimum absolute atomic E-state index is 0.0115. The summed E-state index contributed by atoms with van der Waals surface area (Å²) >= 11 is 0. The molecule has 3 unspecified atom stereocenters. The highest BCUT2D eigenvalue weighted by Crippen LogP contribution is 2.53. The number of amides is 6. The quantitative estimate of drug-likeness (QED) is 0.0174. The number of carbonyl (C=O) groups is 8. The lowest BCUT2D eigenvalue weighted by molar-refractivity contribution is -0.386. The highest BCUT2D eigenvalue weighted by Gasteiger charge is 2.53. The molecule has 1 aromatic carbocycles. The van der Waals surface area contributed by atoms with E-state index in [0.29, 0.717) is 5.92 Å². The number of nitrogens with one attached hydrogen (secondary N) is 3. The third kappa shape index (κ3) is 16.1. The van der Waals surface area contributed by atoms with E-state index >= 15 is 0 Å². The Morgan fingerprint density at radius 1 is 1.07 bits per heavy atom. The molecule has 4 rings (SSSR count). The van der Waals surface area contributed by atoms with Gasteiger partial charge in [0, 0.05) is 62.2 Å². The van der Waals surface area contributed by atoms with Crippen molar-refractivity contribution in [1.29, 1.82) is 0 Å². The number of carbonyl (C=O) groups excluding carboxylic acids is 7. The predicted molar refractivity (Wildman–Crippen MR) is 236 cm³/mol. The Morgan fingerprint density at radius 3 is 2.43 bits per heavy atom. The molecule has 1 aromatic rings. The maximum atomic E-state index is 13.2. The smallest absolute Gasteiger partial charge is 0.405 e. The van der Waals surface area contributed by atoms with E-state index in [1.807, 2.05) is 19.9 Å². The number of allylic oxidation sites excluding steroid dienone is 1. The number of aliphatic carboxylic acids is 1. The Hall–Kier alpha value is -6.52. The molecule has 1 aliphatic carbocycles. The lowest BCUT2D eigenvalue weighted by Gasteiger charge is -2.30. The van der Waals surface area contributed by atoms with Crippen LogP contribution in [0.15, 0.2) is 48.2 Å². The summed E-state index contributed by atoms with van der Waals surface area (Å²) < 4.78 is 26.7. The minimum Gasteiger partial charge on any atom is -0.479 e. The van der Waals surface area contributed by atoms with Crippen molar-refractivity contribution in [2.45, 2.75) is 103 Å². The van der Waals surface area contributed by atoms with Gasteiger partial charge in [-0.2, -0.15) is 0 Å². The van der Waals surface area contributed by atoms with Crippen LogP contribution in [-0.2, 0) is 52.5 Å². The van der Waals surface area contributed by atoms with Gasteiger partial charge in [0.05, 0.1) is 49.4 Å². The maximum absolute atomic E-state index is 13.2. The van der Waals surface area contributed by atoms with Crippen LogP contribution < -0.4 is 26.4 Å². The number of aliphatic hydroxyl groups is 1. The van der Waals surface area contributed by atoms with Crippen LogP contribution in [0.4, 0.5) is 10.5 Å². The van der Waals surface area contributed by atoms with E-state index in [1.54, 1.807) is 6.08 Å². The number of nitro benzene ring substituents is 1. The second-order valence-corrected chi connectivity index (χ2v) is 16.8. The van der Waals surface area contributed by atoms with Crippen LogP contribution >= 0.6 is 0 Å². The van der Waals surface area contributed by atoms with E-state index in [4.69, 9.17) is 29.4 Å². The van der Waals surface area contributed by atoms with Crippen molar-refractivity contribution in [3.63, 3.8) is 0 Å². The first-order valence-corrected chi connectivity index (χ1v) is 22.1. The highest BCUT2D eigenvalue weighted by molar-refractivity contribution is 6.04. The van der Waals surface area contributed by atoms with Gasteiger partial charge in [-0.3, -0.25) is 43.8 Å². The SMILES string of the molecule is C=C(C)C(=O)[C@H](CCC(=O)NCC(OC(N)=O)c1ccc(O[C@H]2C[C@@H](O)C[C@@H](C(=O)O)O2)c([N+](=O)[O-])c1)NC(=O)COCCOCCNC(=O)CCN1C(=O)CC(C(C)(C=C=CC)C2CC2)C1=O. The molecule has 23 heteroatoms. The molecule has 7 atom stereocenters. The summed E-state index contributed by atoms with van der Waals surface area (Å²) in [5, 5.41) is 39.0. The monoisotopic (exact) mass is 956 g/mol. The van der Waals surface area contributed by atoms with E-state index in [-0.39, 0.29) is 106 Å². The number of ether oxygens (including phenoxy) is 5. The highest BCUT2D eigenvalue weighted by atomic mass is 16.7. The lowest BCUT2D eigenvalue weighted by atomic mass is 9.72. The maximum Gasteiger partial charge on any atom is 0.405 e. The largest absolute Gasteiger partial charge is 0.479 e. The molecule has 7 N–H and O–H groups in total. The number of aliphatic hydroxyl groups excluding tert-OH is 1. The average Bonchev–Trinajstić information content (AvgIpc) is 4.10. The summed E-state index contributed by atoms with van der Waals surface area (Å²) in [5.74, 6) is -4.69. The van der Waals surface area contributed by atoms with Gasteiger partial charge in [-0.05, 0) is 62.8 Å². The number of hydrogen-bond donors (Lipinski definition) is 6. The van der Waals surface area contributed by atoms with Crippen LogP contribution in [0.5, 0.6) is 5.75 Å². The number of nitrogens with two attached hydrogens (primary N) is 1. The molecular weight excluding hydrogens is 897 g/mol. The van der Waals surface area contributed by atoms with E-state index in [9.17, 15) is 58.7 Å². The number of nitro groups is 1. The number of rotatable bonds is 28. The zero-order valence-electron chi connectivity index (χ0n) is 38.2. The molecule has 2 saturated heterocycles. The van der Waals surface area contributed by atoms with E-state index in [0.717, 1.165) is 25.0 Å². The van der Waals surface area contributed by atoms with E-state index < -0.39 is 95.4 Å². The number of primary amides is 1. The van der Waals surface area contributed by atoms with Gasteiger partial charge in [0.25, 0.3) is 0 Å². The molecule has 3 fully saturated rings. The zero-order valence-corrected chi connectivity index (χ0v) is 38.2. The first-order valence-electron chi connectivity index (χ1n) is 22.1. The van der Waals surface area contributed by atoms with Crippen molar-refractivity contribution in [2.75, 3.05) is 46.1 Å². The number of benzene rings is 1. The van der Waals surface area contributed by atoms with Crippen molar-refractivity contribution in [3.05, 3.63) is 63.9 Å². The van der Waals surface area contributed by atoms with Crippen LogP contribution in [-0.4, -0.2) is 138 Å². The number of likely N-dealkylation sites (tertiary alicyclic amines) is 1. The Morgan fingerprint density at radius 2 is 1.78 bits per heavy atom. The molecule has 0 bridgehead atoms. The summed E-state index contributed by atoms with van der Waals surface area (Å²) in [6, 6.07) is 2.24. The number of ketones is 1. The molecule has 0 aromatic heterocycles. The average molecular weight is 957 g/mol. The Balaban J connectivity index is 1.16. The fourth-order valence-electron chi connectivity index (χ4n) is 7.78. The van der Waals surface area contributed by atoms with Crippen molar-refractivity contribution in [1.82, 2.24) is 20.9 Å². The summed E-state index contributed by atoms with van der Waals surface area (Å²) in [4.78, 5) is 112. The van der Waals surface area contributed by atoms with Gasteiger partial charge in [-0.1, -0.05) is 19.6 Å². The molecule has 0 spiro atoms. The summed E-state index contributed by atoms with van der Waals surface area (Å²) in [6.45, 7) is 8.24. The topological polar surface area (TPSA) is 332 Å². The Kier molecular flexibility index (Phi) is 20.3. The lowest BCUT2D eigenvalue weighted by Crippen LogP contribution is -2.43. The normalized spacial score (nSPS) is 20.7. The second kappa shape index (κ2) is 25.6. The van der Waals surface area contributed by atoms with Gasteiger partial charge in [0.15, 0.2) is 17.6 Å². The Bertz CT molecular complexity index is 2140. The molecule has 68 heavy (non-hydrogen) atoms. The van der Waals surface area contributed by atoms with Crippen molar-refractivity contribution < 1.29 is 77.2 Å². The molecule has 372 valence electrons. The van der Waals surface area contributed by atoms with Gasteiger partial charge >= 0.3 is 17.7 Å². The van der Waals surface area contributed by atoms with Gasteiger partial charge in [-0.15, -0.1) is 5.73 Å². The first-order chi connectivity index (χ1) is 32.2. The molecule has 2 heterocycles. The van der Waals surface area contributed by atoms with Crippen LogP contribution in [0.1, 0.15) is 83.8 Å². The molecule has 2 aliphatic heterocycles. The zero-order chi connectivity index (χ0) is 50.1. The fourth-order valence-corrected chi connectivity index (χ4v) is 7.78. The fraction of sp³-hybridized carbons (Fsp3) is 0.578. The number of carboxylic acid groups (broad SMARTS) is 1. The number of carboxylic acids is 1. The van der Waals surface area contributed by atoms with Gasteiger partial charge in [0.2, 0.25) is 35.8 Å². The third-order valence-corrected chi connectivity index (χ3v) is 11.6. The molecule has 6 amide bonds. The number of nitrogens with zero attached hydrogens (tertiary/aromatic N) is 2. The van der Waals surface area contributed by atoms with E-state index in [1.165, 1.54) is 17.9 Å². The molecule has 0 radical (unpaired) electrons. The first kappa shape index (κ1) is 54.1.